The molecule has 0 radical (unpaired) electrons. The van der Waals surface area contributed by atoms with E-state index >= 15 is 0 Å². The number of rotatable bonds is 4. The van der Waals surface area contributed by atoms with E-state index in [9.17, 15) is 9.18 Å². The van der Waals surface area contributed by atoms with Crippen LogP contribution in [0.15, 0.2) is 24.3 Å². The average Bonchev–Trinajstić information content (AvgIpc) is 2.27. The van der Waals surface area contributed by atoms with Crippen LogP contribution >= 0.6 is 0 Å². The van der Waals surface area contributed by atoms with E-state index < -0.39 is 11.7 Å². The van der Waals surface area contributed by atoms with Crippen LogP contribution in [0.5, 0.6) is 0 Å². The molecule has 1 atom stereocenters. The highest BCUT2D eigenvalue weighted by atomic mass is 19.1. The lowest BCUT2D eigenvalue weighted by Crippen LogP contribution is -2.46. The first kappa shape index (κ1) is 15.4. The van der Waals surface area contributed by atoms with Crippen molar-refractivity contribution in [2.45, 2.75) is 45.8 Å². The molecule has 0 saturated carbocycles. The maximum absolute atomic E-state index is 12.7. The fourth-order valence-corrected chi connectivity index (χ4v) is 1.51. The third-order valence-corrected chi connectivity index (χ3v) is 2.27. The first-order valence-corrected chi connectivity index (χ1v) is 6.25. The normalized spacial score (nSPS) is 12.9. The fourth-order valence-electron chi connectivity index (χ4n) is 1.51. The highest BCUT2D eigenvalue weighted by molar-refractivity contribution is 5.67. The van der Waals surface area contributed by atoms with Gasteiger partial charge in [-0.15, -0.1) is 0 Å². The van der Waals surface area contributed by atoms with Crippen molar-refractivity contribution in [2.75, 3.05) is 0 Å². The van der Waals surface area contributed by atoms with Crippen molar-refractivity contribution in [2.24, 2.45) is 0 Å². The largest absolute Gasteiger partial charge is 0.443 e. The number of hydrogen-bond acceptors (Lipinski definition) is 3. The summed E-state index contributed by atoms with van der Waals surface area (Å²) >= 11 is 0. The van der Waals surface area contributed by atoms with E-state index in [2.05, 4.69) is 10.9 Å². The summed E-state index contributed by atoms with van der Waals surface area (Å²) in [7, 11) is 0. The molecule has 1 amide bonds. The molecule has 1 unspecified atom stereocenters. The van der Waals surface area contributed by atoms with Crippen LogP contribution < -0.4 is 10.9 Å². The van der Waals surface area contributed by atoms with Crippen LogP contribution in [0.1, 0.15) is 33.3 Å². The quantitative estimate of drug-likeness (QED) is 0.826. The minimum Gasteiger partial charge on any atom is -0.443 e. The lowest BCUT2D eigenvalue weighted by atomic mass is 10.1. The number of halogens is 1. The van der Waals surface area contributed by atoms with Gasteiger partial charge >= 0.3 is 6.09 Å². The lowest BCUT2D eigenvalue weighted by Gasteiger charge is -2.21. The molecule has 19 heavy (non-hydrogen) atoms. The number of hydrazine groups is 1. The van der Waals surface area contributed by atoms with Gasteiger partial charge in [-0.1, -0.05) is 12.1 Å². The maximum Gasteiger partial charge on any atom is 0.422 e. The molecule has 0 fully saturated rings. The van der Waals surface area contributed by atoms with Crippen LogP contribution in [-0.4, -0.2) is 17.7 Å². The molecule has 0 aliphatic carbocycles. The van der Waals surface area contributed by atoms with E-state index in [0.717, 1.165) is 5.56 Å². The molecule has 0 aliphatic heterocycles. The topological polar surface area (TPSA) is 50.4 Å². The molecule has 0 spiro atoms. The number of amides is 1. The Morgan fingerprint density at radius 3 is 2.42 bits per heavy atom. The Balaban J connectivity index is 2.33. The van der Waals surface area contributed by atoms with Crippen LogP contribution in [0.3, 0.4) is 0 Å². The first-order valence-electron chi connectivity index (χ1n) is 6.25. The predicted molar refractivity (Wildman–Crippen MR) is 72.1 cm³/mol. The summed E-state index contributed by atoms with van der Waals surface area (Å²) in [5.74, 6) is -0.253. The standard InChI is InChI=1S/C14H21FN2O2/c1-10(9-11-5-7-12(15)8-6-11)16-17-13(18)19-14(2,3)4/h5-8,10,16H,9H2,1-4H3,(H,17,18). The summed E-state index contributed by atoms with van der Waals surface area (Å²) in [5, 5.41) is 0. The number of benzene rings is 1. The molecular formula is C14H21FN2O2. The van der Waals surface area contributed by atoms with Crippen molar-refractivity contribution >= 4 is 6.09 Å². The van der Waals surface area contributed by atoms with Crippen molar-refractivity contribution in [3.05, 3.63) is 35.6 Å². The number of carbonyl (C=O) groups is 1. The second-order valence-corrected chi connectivity index (χ2v) is 5.50. The number of carbonyl (C=O) groups excluding carboxylic acids is 1. The number of hydrogen-bond donors (Lipinski definition) is 2. The molecule has 0 saturated heterocycles. The van der Waals surface area contributed by atoms with Gasteiger partial charge in [-0.3, -0.25) is 5.43 Å². The zero-order chi connectivity index (χ0) is 14.5. The average molecular weight is 268 g/mol. The minimum absolute atomic E-state index is 0.0120. The Morgan fingerprint density at radius 2 is 1.89 bits per heavy atom. The number of ether oxygens (including phenoxy) is 1. The summed E-state index contributed by atoms with van der Waals surface area (Å²) in [6.07, 6.45) is 0.161. The van der Waals surface area contributed by atoms with Gasteiger partial charge in [0.1, 0.15) is 11.4 Å². The molecule has 2 N–H and O–H groups in total. The van der Waals surface area contributed by atoms with Gasteiger partial charge in [0, 0.05) is 6.04 Å². The fraction of sp³-hybridized carbons (Fsp3) is 0.500. The van der Waals surface area contributed by atoms with Gasteiger partial charge in [0.25, 0.3) is 0 Å². The Kier molecular flexibility index (Phi) is 5.30. The van der Waals surface area contributed by atoms with Gasteiger partial charge in [0.15, 0.2) is 0 Å². The second-order valence-electron chi connectivity index (χ2n) is 5.50. The van der Waals surface area contributed by atoms with Gasteiger partial charge in [-0.05, 0) is 51.8 Å². The van der Waals surface area contributed by atoms with Crippen molar-refractivity contribution in [1.82, 2.24) is 10.9 Å². The van der Waals surface area contributed by atoms with Gasteiger partial charge in [0.05, 0.1) is 0 Å². The Bertz CT molecular complexity index is 412. The van der Waals surface area contributed by atoms with Crippen LogP contribution in [0.4, 0.5) is 9.18 Å². The molecule has 0 bridgehead atoms. The molecule has 1 aromatic carbocycles. The molecule has 0 aliphatic rings. The van der Waals surface area contributed by atoms with Crippen molar-refractivity contribution < 1.29 is 13.9 Å². The van der Waals surface area contributed by atoms with Gasteiger partial charge in [0.2, 0.25) is 0 Å². The third-order valence-electron chi connectivity index (χ3n) is 2.27. The summed E-state index contributed by atoms with van der Waals surface area (Å²) in [5.41, 5.74) is 5.81. The Morgan fingerprint density at radius 1 is 1.32 bits per heavy atom. The van der Waals surface area contributed by atoms with Gasteiger partial charge < -0.3 is 4.74 Å². The molecule has 1 rings (SSSR count). The van der Waals surface area contributed by atoms with Crippen molar-refractivity contribution in [3.8, 4) is 0 Å². The van der Waals surface area contributed by atoms with Crippen LogP contribution in [0.2, 0.25) is 0 Å². The first-order chi connectivity index (χ1) is 8.76. The smallest absolute Gasteiger partial charge is 0.422 e. The molecular weight excluding hydrogens is 247 g/mol. The van der Waals surface area contributed by atoms with E-state index in [1.54, 1.807) is 32.9 Å². The molecule has 1 aromatic rings. The third kappa shape index (κ3) is 6.76. The predicted octanol–water partition coefficient (Wildman–Crippen LogP) is 2.79. The van der Waals surface area contributed by atoms with Crippen LogP contribution in [-0.2, 0) is 11.2 Å². The SMILES string of the molecule is CC(Cc1ccc(F)cc1)NNC(=O)OC(C)(C)C. The molecule has 106 valence electrons. The maximum atomic E-state index is 12.7. The van der Waals surface area contributed by atoms with E-state index in [4.69, 9.17) is 4.74 Å². The lowest BCUT2D eigenvalue weighted by molar-refractivity contribution is 0.0489. The molecule has 0 aromatic heterocycles. The van der Waals surface area contributed by atoms with Crippen molar-refractivity contribution in [3.63, 3.8) is 0 Å². The van der Waals surface area contributed by atoms with E-state index in [1.807, 2.05) is 6.92 Å². The van der Waals surface area contributed by atoms with Gasteiger partial charge in [-0.25, -0.2) is 14.6 Å². The van der Waals surface area contributed by atoms with Crippen molar-refractivity contribution in [1.29, 1.82) is 0 Å². The summed E-state index contributed by atoms with van der Waals surface area (Å²) < 4.78 is 17.8. The zero-order valence-corrected chi connectivity index (χ0v) is 11.8. The number of nitrogens with one attached hydrogen (secondary N) is 2. The molecule has 5 heteroatoms. The monoisotopic (exact) mass is 268 g/mol. The zero-order valence-electron chi connectivity index (χ0n) is 11.8. The molecule has 0 heterocycles. The highest BCUT2D eigenvalue weighted by Crippen LogP contribution is 2.07. The highest BCUT2D eigenvalue weighted by Gasteiger charge is 2.16. The van der Waals surface area contributed by atoms with E-state index in [0.29, 0.717) is 6.42 Å². The van der Waals surface area contributed by atoms with E-state index in [-0.39, 0.29) is 11.9 Å². The Hall–Kier alpha value is -1.62. The van der Waals surface area contributed by atoms with E-state index in [1.165, 1.54) is 12.1 Å². The summed E-state index contributed by atoms with van der Waals surface area (Å²) in [6.45, 7) is 7.32. The molecule has 4 nitrogen and oxygen atoms in total. The second kappa shape index (κ2) is 6.52. The van der Waals surface area contributed by atoms with Crippen LogP contribution in [0, 0.1) is 5.82 Å². The summed E-state index contributed by atoms with van der Waals surface area (Å²) in [6, 6.07) is 6.30. The Labute approximate surface area is 113 Å². The van der Waals surface area contributed by atoms with Crippen LogP contribution in [0.25, 0.3) is 0 Å². The minimum atomic E-state index is -0.522. The summed E-state index contributed by atoms with van der Waals surface area (Å²) in [4.78, 5) is 11.4. The van der Waals surface area contributed by atoms with Gasteiger partial charge in [-0.2, -0.15) is 0 Å².